The predicted molar refractivity (Wildman–Crippen MR) is 129 cm³/mol. The van der Waals surface area contributed by atoms with E-state index < -0.39 is 0 Å². The Bertz CT molecular complexity index is 849. The minimum Gasteiger partial charge on any atom is -0.506 e. The summed E-state index contributed by atoms with van der Waals surface area (Å²) >= 11 is 10.9. The summed E-state index contributed by atoms with van der Waals surface area (Å²) < 4.78 is 0. The van der Waals surface area contributed by atoms with E-state index in [1.807, 2.05) is 0 Å². The van der Waals surface area contributed by atoms with Crippen LogP contribution in [0.2, 0.25) is 10.0 Å². The van der Waals surface area contributed by atoms with Gasteiger partial charge in [-0.05, 0) is 24.3 Å². The number of hydrogen-bond acceptors (Lipinski definition) is 2. The molecule has 0 spiro atoms. The molecule has 0 amide bonds. The molecule has 0 aliphatic heterocycles. The molecular formula is C26H28Cl2O2Zr. The van der Waals surface area contributed by atoms with Crippen LogP contribution in [0, 0.1) is 27.7 Å². The second-order valence-electron chi connectivity index (χ2n) is 6.83. The molecule has 31 heavy (non-hydrogen) atoms. The number of benzene rings is 2. The van der Waals surface area contributed by atoms with E-state index in [0.717, 1.165) is 0 Å². The van der Waals surface area contributed by atoms with Gasteiger partial charge < -0.3 is 10.2 Å². The standard InChI is InChI=1S/2C7H9.2C6H5ClO.Zr/c2*1-6-3-4-7(2)5-6;2*7-5-3-1-2-4-6(5)8;/h2*3-5H,1-2H3;2*1-4,8H;/q2*-1;;;+2. The average Bonchev–Trinajstić information content (AvgIpc) is 3.27. The van der Waals surface area contributed by atoms with Crippen LogP contribution in [-0.2, 0) is 26.2 Å². The van der Waals surface area contributed by atoms with Crippen molar-refractivity contribution in [3.8, 4) is 11.5 Å². The number of rotatable bonds is 0. The van der Waals surface area contributed by atoms with E-state index in [2.05, 4.69) is 64.1 Å². The van der Waals surface area contributed by atoms with Crippen molar-refractivity contribution in [2.75, 3.05) is 0 Å². The smallest absolute Gasteiger partial charge is 0.506 e. The minimum atomic E-state index is 0. The number of para-hydroxylation sites is 2. The molecule has 4 aromatic rings. The van der Waals surface area contributed by atoms with Crippen LogP contribution < -0.4 is 0 Å². The molecule has 2 nitrogen and oxygen atoms in total. The molecule has 0 unspecified atom stereocenters. The van der Waals surface area contributed by atoms with Gasteiger partial charge in [-0.2, -0.15) is 35.4 Å². The Hall–Kier alpha value is -1.80. The Balaban J connectivity index is 0.000000384. The van der Waals surface area contributed by atoms with E-state index in [0.29, 0.717) is 10.0 Å². The van der Waals surface area contributed by atoms with Gasteiger partial charge in [-0.15, -0.1) is 0 Å². The van der Waals surface area contributed by atoms with Crippen molar-refractivity contribution >= 4 is 23.2 Å². The maximum atomic E-state index is 8.79. The first-order valence-corrected chi connectivity index (χ1v) is 10.2. The van der Waals surface area contributed by atoms with E-state index in [-0.39, 0.29) is 37.7 Å². The van der Waals surface area contributed by atoms with Gasteiger partial charge in [-0.3, -0.25) is 0 Å². The molecule has 4 rings (SSSR count). The monoisotopic (exact) mass is 532 g/mol. The maximum Gasteiger partial charge on any atom is 2.00 e. The van der Waals surface area contributed by atoms with Gasteiger partial charge in [0.05, 0.1) is 10.0 Å². The molecule has 0 bridgehead atoms. The molecule has 0 atom stereocenters. The summed E-state index contributed by atoms with van der Waals surface area (Å²) in [5, 5.41) is 18.4. The SMILES string of the molecule is Cc1cc[c-](C)c1.Cc1cc[c-](C)c1.Oc1ccccc1Cl.Oc1ccccc1Cl.[Zr+2]. The Morgan fingerprint density at radius 2 is 0.935 bits per heavy atom. The fraction of sp³-hybridized carbons (Fsp3) is 0.154. The third kappa shape index (κ3) is 13.3. The molecular weight excluding hydrogens is 506 g/mol. The van der Waals surface area contributed by atoms with Gasteiger partial charge in [0.2, 0.25) is 0 Å². The zero-order chi connectivity index (χ0) is 22.5. The van der Waals surface area contributed by atoms with Gasteiger partial charge >= 0.3 is 26.2 Å². The average molecular weight is 535 g/mol. The Morgan fingerprint density at radius 3 is 1.06 bits per heavy atom. The van der Waals surface area contributed by atoms with Crippen molar-refractivity contribution in [1.82, 2.24) is 0 Å². The fourth-order valence-corrected chi connectivity index (χ4v) is 2.61. The van der Waals surface area contributed by atoms with Crippen LogP contribution in [0.25, 0.3) is 0 Å². The maximum absolute atomic E-state index is 8.79. The number of phenolic OH excluding ortho intramolecular Hbond substituents is 2. The third-order valence-electron chi connectivity index (χ3n) is 3.83. The zero-order valence-electron chi connectivity index (χ0n) is 18.2. The number of aromatic hydroxyl groups is 2. The normalized spacial score (nSPS) is 8.97. The summed E-state index contributed by atoms with van der Waals surface area (Å²) in [6, 6.07) is 26.2. The van der Waals surface area contributed by atoms with Crippen LogP contribution in [0.15, 0.2) is 84.9 Å². The van der Waals surface area contributed by atoms with Crippen LogP contribution >= 0.6 is 23.2 Å². The van der Waals surface area contributed by atoms with Gasteiger partial charge in [0.25, 0.3) is 0 Å². The summed E-state index contributed by atoms with van der Waals surface area (Å²) in [6.07, 6.45) is 0. The van der Waals surface area contributed by atoms with E-state index in [9.17, 15) is 0 Å². The van der Waals surface area contributed by atoms with Gasteiger partial charge in [-0.25, -0.2) is 23.3 Å². The molecule has 0 aliphatic rings. The first-order valence-electron chi connectivity index (χ1n) is 9.46. The Morgan fingerprint density at radius 1 is 0.613 bits per heavy atom. The summed E-state index contributed by atoms with van der Waals surface area (Å²) in [4.78, 5) is 0. The molecule has 0 radical (unpaired) electrons. The third-order valence-corrected chi connectivity index (χ3v) is 4.47. The molecule has 2 N–H and O–H groups in total. The first-order chi connectivity index (χ1) is 14.2. The molecule has 0 saturated carbocycles. The van der Waals surface area contributed by atoms with Crippen LogP contribution in [0.4, 0.5) is 0 Å². The van der Waals surface area contributed by atoms with E-state index in [1.54, 1.807) is 48.5 Å². The van der Waals surface area contributed by atoms with Crippen molar-refractivity contribution in [1.29, 1.82) is 0 Å². The van der Waals surface area contributed by atoms with E-state index >= 15 is 0 Å². The topological polar surface area (TPSA) is 40.5 Å². The molecule has 162 valence electrons. The molecule has 0 heterocycles. The van der Waals surface area contributed by atoms with Crippen LogP contribution in [-0.4, -0.2) is 10.2 Å². The van der Waals surface area contributed by atoms with Crippen molar-refractivity contribution in [2.45, 2.75) is 27.7 Å². The number of phenols is 2. The molecule has 0 aromatic heterocycles. The van der Waals surface area contributed by atoms with Crippen LogP contribution in [0.5, 0.6) is 11.5 Å². The van der Waals surface area contributed by atoms with Crippen molar-refractivity contribution in [3.63, 3.8) is 0 Å². The van der Waals surface area contributed by atoms with Crippen molar-refractivity contribution in [3.05, 3.63) is 117 Å². The second kappa shape index (κ2) is 15.9. The van der Waals surface area contributed by atoms with Crippen LogP contribution in [0.1, 0.15) is 22.3 Å². The fourth-order valence-electron chi connectivity index (χ4n) is 2.34. The van der Waals surface area contributed by atoms with Gasteiger partial charge in [-0.1, -0.05) is 75.2 Å². The number of hydrogen-bond donors (Lipinski definition) is 2. The summed E-state index contributed by atoms with van der Waals surface area (Å²) in [7, 11) is 0. The molecule has 4 aromatic carbocycles. The van der Waals surface area contributed by atoms with Crippen molar-refractivity contribution < 1.29 is 36.4 Å². The zero-order valence-corrected chi connectivity index (χ0v) is 22.2. The quantitative estimate of drug-likeness (QED) is 0.224. The molecule has 0 saturated heterocycles. The summed E-state index contributed by atoms with van der Waals surface area (Å²) in [5.41, 5.74) is 5.44. The Kier molecular flexibility index (Phi) is 15.0. The Labute approximate surface area is 215 Å². The second-order valence-corrected chi connectivity index (χ2v) is 7.65. The minimum absolute atomic E-state index is 0. The first kappa shape index (κ1) is 29.2. The van der Waals surface area contributed by atoms with Gasteiger partial charge in [0, 0.05) is 0 Å². The van der Waals surface area contributed by atoms with Gasteiger partial charge in [0.15, 0.2) is 0 Å². The van der Waals surface area contributed by atoms with E-state index in [1.165, 1.54) is 22.3 Å². The summed E-state index contributed by atoms with van der Waals surface area (Å²) in [5.74, 6) is 0.267. The predicted octanol–water partition coefficient (Wildman–Crippen LogP) is 8.13. The molecule has 0 fully saturated rings. The number of halogens is 2. The molecule has 0 aliphatic carbocycles. The van der Waals surface area contributed by atoms with Gasteiger partial charge in [0.1, 0.15) is 11.5 Å². The largest absolute Gasteiger partial charge is 2.00 e. The van der Waals surface area contributed by atoms with Crippen molar-refractivity contribution in [2.24, 2.45) is 0 Å². The van der Waals surface area contributed by atoms with Crippen LogP contribution in [0.3, 0.4) is 0 Å². The number of aryl methyl sites for hydroxylation is 4. The van der Waals surface area contributed by atoms with E-state index in [4.69, 9.17) is 33.4 Å². The molecule has 5 heteroatoms. The summed E-state index contributed by atoms with van der Waals surface area (Å²) in [6.45, 7) is 8.42.